The minimum Gasteiger partial charge on any atom is -0.372 e. The Balaban J connectivity index is 1.76. The maximum Gasteiger partial charge on any atom is 0.225 e. The summed E-state index contributed by atoms with van der Waals surface area (Å²) in [6.45, 7) is 3.30. The molecule has 0 atom stereocenters. The second-order valence-corrected chi connectivity index (χ2v) is 6.91. The molecule has 3 heterocycles. The molecule has 0 aliphatic carbocycles. The second kappa shape index (κ2) is 6.57. The van der Waals surface area contributed by atoms with Crippen molar-refractivity contribution in [3.8, 4) is 11.4 Å². The van der Waals surface area contributed by atoms with Crippen molar-refractivity contribution in [1.29, 1.82) is 0 Å². The molecule has 7 heteroatoms. The Hall–Kier alpha value is -2.25. The van der Waals surface area contributed by atoms with Gasteiger partial charge in [0.2, 0.25) is 5.91 Å². The van der Waals surface area contributed by atoms with Crippen LogP contribution in [0.15, 0.2) is 18.2 Å². The van der Waals surface area contributed by atoms with Gasteiger partial charge in [-0.2, -0.15) is 5.10 Å². The first-order valence-electron chi connectivity index (χ1n) is 8.73. The number of amides is 1. The molecule has 2 aliphatic rings. The zero-order valence-electron chi connectivity index (χ0n) is 14.4. The van der Waals surface area contributed by atoms with Gasteiger partial charge in [-0.05, 0) is 44.1 Å². The smallest absolute Gasteiger partial charge is 0.225 e. The largest absolute Gasteiger partial charge is 0.372 e. The van der Waals surface area contributed by atoms with Crippen LogP contribution in [0.5, 0.6) is 0 Å². The van der Waals surface area contributed by atoms with Gasteiger partial charge in [0.05, 0.1) is 25.7 Å². The van der Waals surface area contributed by atoms with Crippen molar-refractivity contribution in [2.45, 2.75) is 38.5 Å². The van der Waals surface area contributed by atoms with Crippen molar-refractivity contribution in [3.05, 3.63) is 35.2 Å². The van der Waals surface area contributed by atoms with Crippen molar-refractivity contribution in [2.24, 2.45) is 5.73 Å². The number of primary amides is 1. The van der Waals surface area contributed by atoms with Gasteiger partial charge in [-0.15, -0.1) is 0 Å². The van der Waals surface area contributed by atoms with E-state index in [1.165, 1.54) is 11.1 Å². The van der Waals surface area contributed by atoms with E-state index in [9.17, 15) is 4.79 Å². The fraction of sp³-hybridized carbons (Fsp3) is 0.500. The normalized spacial score (nSPS) is 18.4. The van der Waals surface area contributed by atoms with Crippen LogP contribution in [0.3, 0.4) is 0 Å². The highest BCUT2D eigenvalue weighted by molar-refractivity contribution is 5.76. The van der Waals surface area contributed by atoms with Crippen LogP contribution < -0.4 is 5.73 Å². The minimum atomic E-state index is -0.409. The third-order valence-electron chi connectivity index (χ3n) is 5.06. The monoisotopic (exact) mass is 341 g/mol. The number of likely N-dealkylation sites (tertiary alicyclic amines) is 1. The molecule has 1 amide bonds. The molecule has 1 aromatic carbocycles. The first-order valence-corrected chi connectivity index (χ1v) is 8.73. The number of fused-ring (bicyclic) bond motifs is 1. The molecular formula is C18H23N5O2. The lowest BCUT2D eigenvalue weighted by Gasteiger charge is -2.29. The third-order valence-corrected chi connectivity index (χ3v) is 5.06. The standard InChI is InChI=1S/C18H23N5O2/c1-22-7-5-13(6-8-22)23-18(20-17(21-23)9-16(19)24)14-4-2-3-12-10-25-11-15(12)14/h2-4,13H,5-11H2,1H3,(H2,19,24). The number of rotatable bonds is 4. The first-order chi connectivity index (χ1) is 12.1. The van der Waals surface area contributed by atoms with Crippen LogP contribution in [-0.4, -0.2) is 45.7 Å². The summed E-state index contributed by atoms with van der Waals surface area (Å²) in [5, 5.41) is 4.65. The molecule has 25 heavy (non-hydrogen) atoms. The fourth-order valence-electron chi connectivity index (χ4n) is 3.69. The molecule has 0 unspecified atom stereocenters. The van der Waals surface area contributed by atoms with Crippen LogP contribution in [0, 0.1) is 0 Å². The van der Waals surface area contributed by atoms with Crippen LogP contribution in [0.2, 0.25) is 0 Å². The molecule has 2 aromatic rings. The van der Waals surface area contributed by atoms with Crippen LogP contribution in [-0.2, 0) is 29.2 Å². The van der Waals surface area contributed by atoms with Gasteiger partial charge in [0.15, 0.2) is 11.6 Å². The summed E-state index contributed by atoms with van der Waals surface area (Å²) < 4.78 is 7.62. The summed E-state index contributed by atoms with van der Waals surface area (Å²) >= 11 is 0. The third kappa shape index (κ3) is 3.17. The lowest BCUT2D eigenvalue weighted by atomic mass is 10.0. The van der Waals surface area contributed by atoms with E-state index in [1.807, 2.05) is 10.7 Å². The Morgan fingerprint density at radius 1 is 1.32 bits per heavy atom. The number of carbonyl (C=O) groups is 1. The molecule has 1 saturated heterocycles. The molecule has 132 valence electrons. The van der Waals surface area contributed by atoms with Gasteiger partial charge in [-0.3, -0.25) is 4.79 Å². The Kier molecular flexibility index (Phi) is 4.27. The van der Waals surface area contributed by atoms with E-state index in [0.29, 0.717) is 25.1 Å². The van der Waals surface area contributed by atoms with E-state index in [2.05, 4.69) is 34.2 Å². The Morgan fingerprint density at radius 3 is 2.88 bits per heavy atom. The van der Waals surface area contributed by atoms with Gasteiger partial charge >= 0.3 is 0 Å². The molecule has 4 rings (SSSR count). The quantitative estimate of drug-likeness (QED) is 0.905. The maximum absolute atomic E-state index is 11.3. The van der Waals surface area contributed by atoms with Gasteiger partial charge < -0.3 is 15.4 Å². The van der Waals surface area contributed by atoms with Crippen molar-refractivity contribution >= 4 is 5.91 Å². The lowest BCUT2D eigenvalue weighted by Crippen LogP contribution is -2.32. The van der Waals surface area contributed by atoms with Crippen LogP contribution in [0.1, 0.15) is 35.8 Å². The van der Waals surface area contributed by atoms with Crippen LogP contribution in [0.4, 0.5) is 0 Å². The maximum atomic E-state index is 11.3. The number of hydrogen-bond acceptors (Lipinski definition) is 5. The van der Waals surface area contributed by atoms with Crippen molar-refractivity contribution < 1.29 is 9.53 Å². The number of nitrogens with two attached hydrogens (primary N) is 1. The zero-order chi connectivity index (χ0) is 17.4. The van der Waals surface area contributed by atoms with Gasteiger partial charge in [-0.1, -0.05) is 18.2 Å². The number of aromatic nitrogens is 3. The number of piperidine rings is 1. The summed E-state index contributed by atoms with van der Waals surface area (Å²) in [7, 11) is 2.14. The molecular weight excluding hydrogens is 318 g/mol. The van der Waals surface area contributed by atoms with Gasteiger partial charge in [0, 0.05) is 5.56 Å². The molecule has 0 saturated carbocycles. The number of hydrogen-bond donors (Lipinski definition) is 1. The van der Waals surface area contributed by atoms with Crippen molar-refractivity contribution in [1.82, 2.24) is 19.7 Å². The van der Waals surface area contributed by atoms with Crippen molar-refractivity contribution in [3.63, 3.8) is 0 Å². The van der Waals surface area contributed by atoms with E-state index in [1.54, 1.807) is 0 Å². The van der Waals surface area contributed by atoms with Gasteiger partial charge in [0.1, 0.15) is 0 Å². The number of carbonyl (C=O) groups excluding carboxylic acids is 1. The molecule has 0 bridgehead atoms. The predicted molar refractivity (Wildman–Crippen MR) is 92.6 cm³/mol. The van der Waals surface area contributed by atoms with E-state index in [0.717, 1.165) is 37.3 Å². The molecule has 0 radical (unpaired) electrons. The molecule has 0 spiro atoms. The average Bonchev–Trinajstić information content (AvgIpc) is 3.21. The van der Waals surface area contributed by atoms with Crippen LogP contribution >= 0.6 is 0 Å². The van der Waals surface area contributed by atoms with E-state index in [4.69, 9.17) is 10.5 Å². The van der Waals surface area contributed by atoms with Gasteiger partial charge in [-0.25, -0.2) is 9.67 Å². The molecule has 2 aliphatic heterocycles. The van der Waals surface area contributed by atoms with Crippen LogP contribution in [0.25, 0.3) is 11.4 Å². The van der Waals surface area contributed by atoms with E-state index in [-0.39, 0.29) is 6.42 Å². The predicted octanol–water partition coefficient (Wildman–Crippen LogP) is 1.27. The first kappa shape index (κ1) is 16.2. The SMILES string of the molecule is CN1CCC(n2nc(CC(N)=O)nc2-c2cccc3c2COC3)CC1. The Labute approximate surface area is 146 Å². The summed E-state index contributed by atoms with van der Waals surface area (Å²) in [6.07, 6.45) is 2.11. The molecule has 7 nitrogen and oxygen atoms in total. The van der Waals surface area contributed by atoms with Crippen molar-refractivity contribution in [2.75, 3.05) is 20.1 Å². The van der Waals surface area contributed by atoms with E-state index >= 15 is 0 Å². The molecule has 2 N–H and O–H groups in total. The van der Waals surface area contributed by atoms with E-state index < -0.39 is 5.91 Å². The highest BCUT2D eigenvalue weighted by Crippen LogP contribution is 2.33. The Morgan fingerprint density at radius 2 is 2.12 bits per heavy atom. The number of ether oxygens (including phenoxy) is 1. The molecule has 1 aromatic heterocycles. The summed E-state index contributed by atoms with van der Waals surface area (Å²) in [5.41, 5.74) is 8.78. The highest BCUT2D eigenvalue weighted by atomic mass is 16.5. The summed E-state index contributed by atoms with van der Waals surface area (Å²) in [6, 6.07) is 6.48. The second-order valence-electron chi connectivity index (χ2n) is 6.91. The number of nitrogens with zero attached hydrogens (tertiary/aromatic N) is 4. The summed E-state index contributed by atoms with van der Waals surface area (Å²) in [4.78, 5) is 18.3. The minimum absolute atomic E-state index is 0.0676. The summed E-state index contributed by atoms with van der Waals surface area (Å²) in [5.74, 6) is 0.916. The fourth-order valence-corrected chi connectivity index (χ4v) is 3.69. The Bertz CT molecular complexity index is 793. The van der Waals surface area contributed by atoms with Gasteiger partial charge in [0.25, 0.3) is 0 Å². The molecule has 1 fully saturated rings. The number of benzene rings is 1. The topological polar surface area (TPSA) is 86.3 Å². The zero-order valence-corrected chi connectivity index (χ0v) is 14.4. The highest BCUT2D eigenvalue weighted by Gasteiger charge is 2.26. The lowest BCUT2D eigenvalue weighted by molar-refractivity contribution is -0.117. The average molecular weight is 341 g/mol.